The highest BCUT2D eigenvalue weighted by atomic mass is 16.6. The lowest BCUT2D eigenvalue weighted by molar-refractivity contribution is -0.172. The van der Waals surface area contributed by atoms with E-state index in [2.05, 4.69) is 51.8 Å². The van der Waals surface area contributed by atoms with Crippen molar-refractivity contribution in [1.82, 2.24) is 45.2 Å². The zero-order chi connectivity index (χ0) is 25.3. The average Bonchev–Trinajstić information content (AvgIpc) is 3.43. The van der Waals surface area contributed by atoms with Crippen LogP contribution in [0, 0.1) is 0 Å². The SMILES string of the molecule is CC(C)(C)OC(=O)N1CC2(CCC2)OCC1C(NCCCn1cnnc1)c1nnnn1C(C)(C)C. The van der Waals surface area contributed by atoms with Crippen LogP contribution in [-0.2, 0) is 21.6 Å². The predicted octanol–water partition coefficient (Wildman–Crippen LogP) is 2.30. The molecule has 12 nitrogen and oxygen atoms in total. The molecule has 3 heterocycles. The highest BCUT2D eigenvalue weighted by Gasteiger charge is 2.50. The van der Waals surface area contributed by atoms with Gasteiger partial charge in [0.15, 0.2) is 5.82 Å². The minimum absolute atomic E-state index is 0.275. The molecular weight excluding hydrogens is 450 g/mol. The Labute approximate surface area is 206 Å². The summed E-state index contributed by atoms with van der Waals surface area (Å²) in [6.45, 7) is 14.2. The number of amides is 1. The van der Waals surface area contributed by atoms with Crippen LogP contribution in [0.3, 0.4) is 0 Å². The third-order valence-electron chi connectivity index (χ3n) is 6.53. The zero-order valence-corrected chi connectivity index (χ0v) is 21.8. The Morgan fingerprint density at radius 2 is 1.94 bits per heavy atom. The molecule has 2 unspecified atom stereocenters. The summed E-state index contributed by atoms with van der Waals surface area (Å²) in [6, 6.07) is -0.659. The number of carbonyl (C=O) groups is 1. The smallest absolute Gasteiger partial charge is 0.410 e. The van der Waals surface area contributed by atoms with Gasteiger partial charge in [-0.2, -0.15) is 0 Å². The number of aryl methyl sites for hydroxylation is 1. The van der Waals surface area contributed by atoms with Crippen molar-refractivity contribution < 1.29 is 14.3 Å². The number of hydrogen-bond donors (Lipinski definition) is 1. The van der Waals surface area contributed by atoms with Crippen LogP contribution in [0.4, 0.5) is 4.79 Å². The summed E-state index contributed by atoms with van der Waals surface area (Å²) < 4.78 is 16.0. The first-order chi connectivity index (χ1) is 16.5. The summed E-state index contributed by atoms with van der Waals surface area (Å²) in [6.07, 6.45) is 6.94. The van der Waals surface area contributed by atoms with E-state index in [0.29, 0.717) is 25.5 Å². The number of carbonyl (C=O) groups excluding carboxylic acids is 1. The van der Waals surface area contributed by atoms with Crippen LogP contribution in [0.1, 0.15) is 79.1 Å². The van der Waals surface area contributed by atoms with E-state index in [1.807, 2.05) is 34.9 Å². The number of nitrogens with zero attached hydrogens (tertiary/aromatic N) is 8. The maximum atomic E-state index is 13.4. The van der Waals surface area contributed by atoms with Crippen molar-refractivity contribution in [3.63, 3.8) is 0 Å². The van der Waals surface area contributed by atoms with Crippen LogP contribution in [0.15, 0.2) is 12.7 Å². The van der Waals surface area contributed by atoms with E-state index in [4.69, 9.17) is 9.47 Å². The molecule has 1 aliphatic carbocycles. The van der Waals surface area contributed by atoms with Crippen molar-refractivity contribution in [2.45, 2.75) is 103 Å². The first-order valence-electron chi connectivity index (χ1n) is 12.5. The minimum Gasteiger partial charge on any atom is -0.444 e. The third-order valence-corrected chi connectivity index (χ3v) is 6.53. The van der Waals surface area contributed by atoms with Gasteiger partial charge in [-0.25, -0.2) is 9.48 Å². The molecule has 0 bridgehead atoms. The molecule has 1 saturated carbocycles. The summed E-state index contributed by atoms with van der Waals surface area (Å²) >= 11 is 0. The first-order valence-corrected chi connectivity index (χ1v) is 12.5. The molecule has 2 aromatic heterocycles. The van der Waals surface area contributed by atoms with Gasteiger partial charge < -0.3 is 19.4 Å². The molecule has 2 aromatic rings. The van der Waals surface area contributed by atoms with Crippen LogP contribution >= 0.6 is 0 Å². The maximum Gasteiger partial charge on any atom is 0.410 e. The molecule has 2 fully saturated rings. The Kier molecular flexibility index (Phi) is 7.14. The number of morpholine rings is 1. The maximum absolute atomic E-state index is 13.4. The topological polar surface area (TPSA) is 125 Å². The van der Waals surface area contributed by atoms with Gasteiger partial charge in [-0.1, -0.05) is 0 Å². The summed E-state index contributed by atoms with van der Waals surface area (Å²) in [5.41, 5.74) is -1.20. The van der Waals surface area contributed by atoms with E-state index in [-0.39, 0.29) is 29.3 Å². The molecule has 35 heavy (non-hydrogen) atoms. The number of ether oxygens (including phenoxy) is 2. The van der Waals surface area contributed by atoms with Crippen molar-refractivity contribution >= 4 is 6.09 Å². The lowest BCUT2D eigenvalue weighted by Gasteiger charge is -2.52. The van der Waals surface area contributed by atoms with Gasteiger partial charge in [0, 0.05) is 6.54 Å². The molecule has 1 N–H and O–H groups in total. The van der Waals surface area contributed by atoms with Gasteiger partial charge in [0.2, 0.25) is 0 Å². The molecule has 0 radical (unpaired) electrons. The van der Waals surface area contributed by atoms with Crippen LogP contribution in [0.2, 0.25) is 0 Å². The Hall–Kier alpha value is -2.60. The van der Waals surface area contributed by atoms with E-state index in [1.54, 1.807) is 12.7 Å². The second-order valence-corrected chi connectivity index (χ2v) is 11.6. The first kappa shape index (κ1) is 25.5. The normalized spacial score (nSPS) is 21.1. The number of rotatable bonds is 7. The highest BCUT2D eigenvalue weighted by Crippen LogP contribution is 2.41. The fourth-order valence-corrected chi connectivity index (χ4v) is 4.62. The zero-order valence-electron chi connectivity index (χ0n) is 21.8. The van der Waals surface area contributed by atoms with Gasteiger partial charge >= 0.3 is 6.09 Å². The molecule has 1 aliphatic heterocycles. The number of aromatic nitrogens is 7. The number of hydrogen-bond acceptors (Lipinski definition) is 9. The van der Waals surface area contributed by atoms with Crippen molar-refractivity contribution in [2.24, 2.45) is 0 Å². The van der Waals surface area contributed by atoms with Crippen molar-refractivity contribution in [2.75, 3.05) is 19.7 Å². The summed E-state index contributed by atoms with van der Waals surface area (Å²) in [4.78, 5) is 15.3. The van der Waals surface area contributed by atoms with E-state index >= 15 is 0 Å². The second kappa shape index (κ2) is 9.81. The Morgan fingerprint density at radius 3 is 2.54 bits per heavy atom. The molecule has 1 amide bonds. The molecular formula is C23H39N9O3. The Bertz CT molecular complexity index is 973. The van der Waals surface area contributed by atoms with Gasteiger partial charge in [-0.05, 0) is 84.2 Å². The van der Waals surface area contributed by atoms with E-state index in [0.717, 1.165) is 32.2 Å². The van der Waals surface area contributed by atoms with Crippen LogP contribution < -0.4 is 5.32 Å². The molecule has 1 spiro atoms. The Balaban J connectivity index is 1.60. The summed E-state index contributed by atoms with van der Waals surface area (Å²) in [7, 11) is 0. The predicted molar refractivity (Wildman–Crippen MR) is 127 cm³/mol. The van der Waals surface area contributed by atoms with Gasteiger partial charge in [0.25, 0.3) is 0 Å². The molecule has 4 rings (SSSR count). The molecule has 12 heteroatoms. The fourth-order valence-electron chi connectivity index (χ4n) is 4.62. The highest BCUT2D eigenvalue weighted by molar-refractivity contribution is 5.69. The standard InChI is InChI=1S/C23H39N9O3/c1-21(2,3)32-19(27-28-29-32)18(24-11-8-12-30-15-25-26-16-30)17-13-34-23(9-7-10-23)14-31(17)20(33)35-22(4,5)6/h15-18,24H,7-14H2,1-6H3. The van der Waals surface area contributed by atoms with E-state index in [1.165, 1.54) is 0 Å². The molecule has 2 atom stereocenters. The third kappa shape index (κ3) is 5.97. The molecule has 2 aliphatic rings. The lowest BCUT2D eigenvalue weighted by Crippen LogP contribution is -2.64. The molecule has 194 valence electrons. The van der Waals surface area contributed by atoms with Gasteiger partial charge in [-0.15, -0.1) is 15.3 Å². The molecule has 1 saturated heterocycles. The molecule has 0 aromatic carbocycles. The fraction of sp³-hybridized carbons (Fsp3) is 0.826. The minimum atomic E-state index is -0.596. The van der Waals surface area contributed by atoms with E-state index in [9.17, 15) is 4.79 Å². The largest absolute Gasteiger partial charge is 0.444 e. The van der Waals surface area contributed by atoms with Crippen LogP contribution in [0.25, 0.3) is 0 Å². The van der Waals surface area contributed by atoms with Gasteiger partial charge in [-0.3, -0.25) is 4.90 Å². The Morgan fingerprint density at radius 1 is 1.23 bits per heavy atom. The van der Waals surface area contributed by atoms with Crippen LogP contribution in [0.5, 0.6) is 0 Å². The van der Waals surface area contributed by atoms with E-state index < -0.39 is 5.60 Å². The summed E-state index contributed by atoms with van der Waals surface area (Å²) in [5, 5.41) is 24.0. The van der Waals surface area contributed by atoms with Gasteiger partial charge in [0.05, 0.1) is 36.4 Å². The van der Waals surface area contributed by atoms with Crippen molar-refractivity contribution in [1.29, 1.82) is 0 Å². The second-order valence-electron chi connectivity index (χ2n) is 11.6. The average molecular weight is 490 g/mol. The van der Waals surface area contributed by atoms with Crippen molar-refractivity contribution in [3.05, 3.63) is 18.5 Å². The number of tetrazole rings is 1. The van der Waals surface area contributed by atoms with Gasteiger partial charge in [0.1, 0.15) is 18.3 Å². The summed E-state index contributed by atoms with van der Waals surface area (Å²) in [5.74, 6) is 0.675. The van der Waals surface area contributed by atoms with Crippen LogP contribution in [-0.4, -0.2) is 82.9 Å². The van der Waals surface area contributed by atoms with Crippen molar-refractivity contribution in [3.8, 4) is 0 Å². The monoisotopic (exact) mass is 489 g/mol. The quantitative estimate of drug-likeness (QED) is 0.583. The number of nitrogens with one attached hydrogen (secondary N) is 1. The lowest BCUT2D eigenvalue weighted by atomic mass is 9.78.